The number of hydrogen-bond acceptors (Lipinski definition) is 4. The molecule has 2 aliphatic rings. The first kappa shape index (κ1) is 21.1. The molecule has 1 N–H and O–H groups in total. The molecular formula is C25H28N2O4. The van der Waals surface area contributed by atoms with Crippen LogP contribution in [0.2, 0.25) is 0 Å². The van der Waals surface area contributed by atoms with Gasteiger partial charge in [-0.25, -0.2) is 0 Å². The van der Waals surface area contributed by atoms with E-state index >= 15 is 0 Å². The molecule has 0 radical (unpaired) electrons. The Morgan fingerprint density at radius 2 is 2.06 bits per heavy atom. The van der Waals surface area contributed by atoms with Crippen molar-refractivity contribution in [2.75, 3.05) is 18.5 Å². The Labute approximate surface area is 182 Å². The highest BCUT2D eigenvalue weighted by Crippen LogP contribution is 2.34. The van der Waals surface area contributed by atoms with Crippen LogP contribution in [0.25, 0.3) is 6.08 Å². The van der Waals surface area contributed by atoms with E-state index in [9.17, 15) is 9.59 Å². The third-order valence-electron chi connectivity index (χ3n) is 5.71. The van der Waals surface area contributed by atoms with Crippen LogP contribution in [0.3, 0.4) is 0 Å². The fourth-order valence-corrected chi connectivity index (χ4v) is 4.10. The molecule has 2 unspecified atom stereocenters. The van der Waals surface area contributed by atoms with Crippen molar-refractivity contribution in [3.05, 3.63) is 65.4 Å². The molecule has 2 aromatic rings. The number of hydrogen-bond donors (Lipinski definition) is 1. The molecule has 0 spiro atoms. The number of nitrogens with zero attached hydrogens (tertiary/aromatic N) is 1. The minimum atomic E-state index is -0.347. The zero-order chi connectivity index (χ0) is 21.8. The fraction of sp³-hybridized carbons (Fsp3) is 0.360. The highest BCUT2D eigenvalue weighted by Gasteiger charge is 2.28. The number of carbonyl (C=O) groups is 2. The maximum atomic E-state index is 13.0. The van der Waals surface area contributed by atoms with E-state index in [0.29, 0.717) is 18.0 Å². The minimum absolute atomic E-state index is 0.0960. The Morgan fingerprint density at radius 1 is 1.23 bits per heavy atom. The van der Waals surface area contributed by atoms with Crippen molar-refractivity contribution in [1.29, 1.82) is 0 Å². The summed E-state index contributed by atoms with van der Waals surface area (Å²) >= 11 is 0. The molecule has 2 heterocycles. The molecule has 1 fully saturated rings. The molecule has 31 heavy (non-hydrogen) atoms. The third kappa shape index (κ3) is 4.97. The van der Waals surface area contributed by atoms with Crippen molar-refractivity contribution < 1.29 is 19.1 Å². The van der Waals surface area contributed by atoms with Crippen molar-refractivity contribution >= 4 is 23.6 Å². The second kappa shape index (κ2) is 9.35. The molecule has 0 saturated carbocycles. The molecule has 0 aliphatic carbocycles. The summed E-state index contributed by atoms with van der Waals surface area (Å²) in [5.74, 6) is 0.364. The summed E-state index contributed by atoms with van der Waals surface area (Å²) < 4.78 is 11.6. The molecule has 4 rings (SSSR count). The standard InChI is InChI=1S/C25H28N2O4/c1-17-9-10-22(24(14-17)31-16-20-7-5-13-30-20)26-25(29)15-23-21-8-4-3-6-19(21)11-12-27(23)18(2)28/h3-4,6,8-12,14,20,23H,5,7,13,15-16H2,1-2H3,(H,26,29). The quantitative estimate of drug-likeness (QED) is 0.749. The van der Waals surface area contributed by atoms with Gasteiger partial charge in [0.05, 0.1) is 24.3 Å². The Balaban J connectivity index is 1.49. The Bertz CT molecular complexity index is 995. The molecule has 2 atom stereocenters. The van der Waals surface area contributed by atoms with E-state index in [1.54, 1.807) is 11.1 Å². The molecule has 1 saturated heterocycles. The van der Waals surface area contributed by atoms with Gasteiger partial charge in [-0.15, -0.1) is 0 Å². The van der Waals surface area contributed by atoms with Crippen LogP contribution in [0.5, 0.6) is 5.75 Å². The Hall–Kier alpha value is -3.12. The van der Waals surface area contributed by atoms with Crippen LogP contribution in [-0.2, 0) is 14.3 Å². The summed E-state index contributed by atoms with van der Waals surface area (Å²) in [6, 6.07) is 13.2. The molecule has 6 heteroatoms. The zero-order valence-electron chi connectivity index (χ0n) is 18.0. The molecule has 2 aromatic carbocycles. The number of benzene rings is 2. The van der Waals surface area contributed by atoms with Crippen LogP contribution in [0.15, 0.2) is 48.7 Å². The first-order valence-electron chi connectivity index (χ1n) is 10.7. The summed E-state index contributed by atoms with van der Waals surface area (Å²) in [5.41, 5.74) is 3.67. The Morgan fingerprint density at radius 3 is 2.84 bits per heavy atom. The monoisotopic (exact) mass is 420 g/mol. The molecular weight excluding hydrogens is 392 g/mol. The molecule has 6 nitrogen and oxygen atoms in total. The molecule has 0 bridgehead atoms. The number of nitrogens with one attached hydrogen (secondary N) is 1. The van der Waals surface area contributed by atoms with E-state index in [1.807, 2.05) is 55.5 Å². The van der Waals surface area contributed by atoms with Crippen LogP contribution in [0.1, 0.15) is 48.9 Å². The maximum absolute atomic E-state index is 13.0. The maximum Gasteiger partial charge on any atom is 0.226 e. The van der Waals surface area contributed by atoms with E-state index in [-0.39, 0.29) is 30.4 Å². The van der Waals surface area contributed by atoms with Crippen molar-refractivity contribution in [2.24, 2.45) is 0 Å². The van der Waals surface area contributed by atoms with Gasteiger partial charge in [0.25, 0.3) is 0 Å². The molecule has 2 aliphatic heterocycles. The van der Waals surface area contributed by atoms with E-state index < -0.39 is 0 Å². The lowest BCUT2D eigenvalue weighted by atomic mass is 9.93. The average Bonchev–Trinajstić information content (AvgIpc) is 3.27. The van der Waals surface area contributed by atoms with Gasteiger partial charge in [-0.3, -0.25) is 9.59 Å². The van der Waals surface area contributed by atoms with Gasteiger partial charge in [0, 0.05) is 19.7 Å². The van der Waals surface area contributed by atoms with Crippen molar-refractivity contribution in [3.63, 3.8) is 0 Å². The summed E-state index contributed by atoms with van der Waals surface area (Å²) in [6.07, 6.45) is 5.95. The number of anilines is 1. The van der Waals surface area contributed by atoms with Crippen molar-refractivity contribution in [2.45, 2.75) is 45.3 Å². The lowest BCUT2D eigenvalue weighted by Crippen LogP contribution is -2.33. The summed E-state index contributed by atoms with van der Waals surface area (Å²) in [7, 11) is 0. The minimum Gasteiger partial charge on any atom is -0.489 e. The Kier molecular flexibility index (Phi) is 6.37. The lowest BCUT2D eigenvalue weighted by molar-refractivity contribution is -0.129. The number of carbonyl (C=O) groups excluding carboxylic acids is 2. The second-order valence-electron chi connectivity index (χ2n) is 8.08. The van der Waals surface area contributed by atoms with Crippen molar-refractivity contribution in [1.82, 2.24) is 4.90 Å². The lowest BCUT2D eigenvalue weighted by Gasteiger charge is -2.32. The zero-order valence-corrected chi connectivity index (χ0v) is 18.0. The first-order valence-corrected chi connectivity index (χ1v) is 10.7. The van der Waals surface area contributed by atoms with Gasteiger partial charge < -0.3 is 19.7 Å². The van der Waals surface area contributed by atoms with E-state index in [2.05, 4.69) is 5.32 Å². The van der Waals surface area contributed by atoms with Gasteiger partial charge in [0.2, 0.25) is 11.8 Å². The van der Waals surface area contributed by atoms with Gasteiger partial charge in [0.15, 0.2) is 0 Å². The number of aryl methyl sites for hydroxylation is 1. The SMILES string of the molecule is CC(=O)N1C=Cc2ccccc2C1CC(=O)Nc1ccc(C)cc1OCC1CCCO1. The first-order chi connectivity index (χ1) is 15.0. The van der Waals surface area contributed by atoms with Gasteiger partial charge in [-0.05, 0) is 54.7 Å². The average molecular weight is 421 g/mol. The molecule has 2 amide bonds. The normalized spacial score (nSPS) is 19.7. The van der Waals surface area contributed by atoms with Crippen LogP contribution >= 0.6 is 0 Å². The number of ether oxygens (including phenoxy) is 2. The third-order valence-corrected chi connectivity index (χ3v) is 5.71. The van der Waals surface area contributed by atoms with Crippen LogP contribution in [-0.4, -0.2) is 36.0 Å². The summed E-state index contributed by atoms with van der Waals surface area (Å²) in [4.78, 5) is 26.8. The van der Waals surface area contributed by atoms with Gasteiger partial charge in [-0.1, -0.05) is 30.3 Å². The predicted molar refractivity (Wildman–Crippen MR) is 120 cm³/mol. The number of amides is 2. The predicted octanol–water partition coefficient (Wildman–Crippen LogP) is 4.46. The topological polar surface area (TPSA) is 67.9 Å². The van der Waals surface area contributed by atoms with Crippen molar-refractivity contribution in [3.8, 4) is 5.75 Å². The van der Waals surface area contributed by atoms with Gasteiger partial charge in [0.1, 0.15) is 12.4 Å². The number of rotatable bonds is 6. The van der Waals surface area contributed by atoms with Crippen LogP contribution < -0.4 is 10.1 Å². The fourth-order valence-electron chi connectivity index (χ4n) is 4.10. The van der Waals surface area contributed by atoms with Gasteiger partial charge >= 0.3 is 0 Å². The summed E-state index contributed by atoms with van der Waals surface area (Å²) in [6.45, 7) is 4.74. The van der Waals surface area contributed by atoms with E-state index in [1.165, 1.54) is 6.92 Å². The number of fused-ring (bicyclic) bond motifs is 1. The van der Waals surface area contributed by atoms with E-state index in [0.717, 1.165) is 36.1 Å². The smallest absolute Gasteiger partial charge is 0.226 e. The molecule has 162 valence electrons. The van der Waals surface area contributed by atoms with Gasteiger partial charge in [-0.2, -0.15) is 0 Å². The molecule has 0 aromatic heterocycles. The largest absolute Gasteiger partial charge is 0.489 e. The van der Waals surface area contributed by atoms with E-state index in [4.69, 9.17) is 9.47 Å². The second-order valence-corrected chi connectivity index (χ2v) is 8.08. The van der Waals surface area contributed by atoms with Crippen LogP contribution in [0.4, 0.5) is 5.69 Å². The summed E-state index contributed by atoms with van der Waals surface area (Å²) in [5, 5.41) is 2.98. The highest BCUT2D eigenvalue weighted by atomic mass is 16.5. The van der Waals surface area contributed by atoms with Crippen LogP contribution in [0, 0.1) is 6.92 Å². The highest BCUT2D eigenvalue weighted by molar-refractivity contribution is 5.93.